The van der Waals surface area contributed by atoms with Crippen molar-refractivity contribution in [3.05, 3.63) is 41.7 Å². The third kappa shape index (κ3) is 3.07. The van der Waals surface area contributed by atoms with Crippen LogP contribution in [-0.2, 0) is 6.54 Å². The van der Waals surface area contributed by atoms with Gasteiger partial charge in [0.1, 0.15) is 6.17 Å². The number of aromatic nitrogens is 4. The summed E-state index contributed by atoms with van der Waals surface area (Å²) in [5.74, 6) is -2.11. The predicted octanol–water partition coefficient (Wildman–Crippen LogP) is 0.164. The summed E-state index contributed by atoms with van der Waals surface area (Å²) in [7, 11) is 0. The molecule has 24 heavy (non-hydrogen) atoms. The van der Waals surface area contributed by atoms with E-state index in [1.54, 1.807) is 0 Å². The van der Waals surface area contributed by atoms with E-state index in [-0.39, 0.29) is 30.8 Å². The summed E-state index contributed by atoms with van der Waals surface area (Å²) >= 11 is 0. The van der Waals surface area contributed by atoms with Crippen LogP contribution in [-0.4, -0.2) is 55.5 Å². The van der Waals surface area contributed by atoms with Crippen LogP contribution in [0.15, 0.2) is 24.7 Å². The number of pyridine rings is 1. The summed E-state index contributed by atoms with van der Waals surface area (Å²) in [6, 6.07) is 0.712. The van der Waals surface area contributed by atoms with E-state index in [9.17, 15) is 18.4 Å². The molecule has 2 aromatic rings. The molecule has 0 aliphatic carbocycles. The third-order valence-electron chi connectivity index (χ3n) is 3.82. The Kier molecular flexibility index (Phi) is 4.19. The zero-order valence-corrected chi connectivity index (χ0v) is 12.5. The molecule has 8 nitrogen and oxygen atoms in total. The number of primary amides is 1. The number of nitrogens with zero attached hydrogens (tertiary/aromatic N) is 5. The largest absolute Gasteiger partial charge is 0.364 e. The fourth-order valence-corrected chi connectivity index (χ4v) is 2.70. The van der Waals surface area contributed by atoms with E-state index >= 15 is 0 Å². The number of hydrogen-bond donors (Lipinski definition) is 1. The van der Waals surface area contributed by atoms with Crippen LogP contribution in [0.4, 0.5) is 8.78 Å². The van der Waals surface area contributed by atoms with Gasteiger partial charge in [-0.05, 0) is 6.07 Å². The summed E-state index contributed by atoms with van der Waals surface area (Å²) < 4.78 is 28.9. The standard InChI is InChI=1S/C14H14F2N6O2/c15-8-3-9(6-21-7-12(13(17)23)19-20-21)22(5-8)14(24)10-1-2-18-4-11(10)16/h1-2,4,7-9H,3,5-6H2,(H2,17,23)/t8-,9-/m0/s1. The highest BCUT2D eigenvalue weighted by atomic mass is 19.1. The highest BCUT2D eigenvalue weighted by Gasteiger charge is 2.37. The van der Waals surface area contributed by atoms with E-state index in [1.165, 1.54) is 28.0 Å². The maximum absolute atomic E-state index is 13.8. The number of carbonyl (C=O) groups is 2. The lowest BCUT2D eigenvalue weighted by atomic mass is 10.2. The first-order chi connectivity index (χ1) is 11.5. The van der Waals surface area contributed by atoms with Crippen molar-refractivity contribution in [3.63, 3.8) is 0 Å². The molecule has 2 aromatic heterocycles. The molecule has 0 spiro atoms. The van der Waals surface area contributed by atoms with Crippen LogP contribution in [0.5, 0.6) is 0 Å². The molecule has 1 aliphatic heterocycles. The molecular formula is C14H14F2N6O2. The zero-order valence-electron chi connectivity index (χ0n) is 12.5. The summed E-state index contributed by atoms with van der Waals surface area (Å²) in [4.78, 5) is 28.4. The maximum Gasteiger partial charge on any atom is 0.270 e. The second kappa shape index (κ2) is 6.30. The van der Waals surface area contributed by atoms with E-state index in [4.69, 9.17) is 5.73 Å². The Bertz CT molecular complexity index is 780. The Labute approximate surface area is 135 Å². The lowest BCUT2D eigenvalue weighted by molar-refractivity contribution is 0.0709. The van der Waals surface area contributed by atoms with Crippen LogP contribution >= 0.6 is 0 Å². The molecule has 2 atom stereocenters. The Hall–Kier alpha value is -2.91. The lowest BCUT2D eigenvalue weighted by Gasteiger charge is -2.24. The second-order valence-corrected chi connectivity index (χ2v) is 5.49. The van der Waals surface area contributed by atoms with Crippen molar-refractivity contribution in [2.75, 3.05) is 6.54 Å². The minimum atomic E-state index is -1.22. The average molecular weight is 336 g/mol. The molecule has 0 radical (unpaired) electrons. The zero-order chi connectivity index (χ0) is 17.3. The molecule has 2 amide bonds. The van der Waals surface area contributed by atoms with E-state index in [2.05, 4.69) is 15.3 Å². The quantitative estimate of drug-likeness (QED) is 0.856. The minimum Gasteiger partial charge on any atom is -0.364 e. The monoisotopic (exact) mass is 336 g/mol. The smallest absolute Gasteiger partial charge is 0.270 e. The first-order valence-corrected chi connectivity index (χ1v) is 7.20. The SMILES string of the molecule is NC(=O)c1cn(C[C@@H]2C[C@H](F)CN2C(=O)c2ccncc2F)nn1. The molecule has 0 bridgehead atoms. The van der Waals surface area contributed by atoms with E-state index < -0.39 is 29.8 Å². The summed E-state index contributed by atoms with van der Waals surface area (Å²) in [5, 5.41) is 7.32. The molecule has 0 aromatic carbocycles. The van der Waals surface area contributed by atoms with E-state index in [1.807, 2.05) is 0 Å². The van der Waals surface area contributed by atoms with Crippen molar-refractivity contribution < 1.29 is 18.4 Å². The normalized spacial score (nSPS) is 20.3. The molecule has 0 saturated carbocycles. The average Bonchev–Trinajstić information content (AvgIpc) is 3.14. The van der Waals surface area contributed by atoms with Crippen LogP contribution in [0, 0.1) is 5.82 Å². The number of likely N-dealkylation sites (tertiary alicyclic amines) is 1. The Morgan fingerprint density at radius 1 is 1.42 bits per heavy atom. The van der Waals surface area contributed by atoms with Crippen LogP contribution in [0.1, 0.15) is 27.3 Å². The minimum absolute atomic E-state index is 0.0251. The highest BCUT2D eigenvalue weighted by Crippen LogP contribution is 2.24. The van der Waals surface area contributed by atoms with Crippen LogP contribution in [0.3, 0.4) is 0 Å². The molecule has 1 aliphatic rings. The van der Waals surface area contributed by atoms with Gasteiger partial charge in [0.25, 0.3) is 11.8 Å². The second-order valence-electron chi connectivity index (χ2n) is 5.49. The van der Waals surface area contributed by atoms with Gasteiger partial charge in [0.15, 0.2) is 11.5 Å². The third-order valence-corrected chi connectivity index (χ3v) is 3.82. The van der Waals surface area contributed by atoms with Gasteiger partial charge in [-0.25, -0.2) is 13.5 Å². The fourth-order valence-electron chi connectivity index (χ4n) is 2.70. The number of carbonyl (C=O) groups excluding carboxylic acids is 2. The van der Waals surface area contributed by atoms with Gasteiger partial charge >= 0.3 is 0 Å². The van der Waals surface area contributed by atoms with Gasteiger partial charge in [0.2, 0.25) is 0 Å². The topological polar surface area (TPSA) is 107 Å². The van der Waals surface area contributed by atoms with Gasteiger partial charge in [0, 0.05) is 12.6 Å². The van der Waals surface area contributed by atoms with Crippen molar-refractivity contribution in [2.24, 2.45) is 5.73 Å². The van der Waals surface area contributed by atoms with E-state index in [0.717, 1.165) is 6.20 Å². The molecule has 126 valence electrons. The van der Waals surface area contributed by atoms with Gasteiger partial charge < -0.3 is 10.6 Å². The van der Waals surface area contributed by atoms with Crippen LogP contribution in [0.25, 0.3) is 0 Å². The maximum atomic E-state index is 13.8. The van der Waals surface area contributed by atoms with Crippen molar-refractivity contribution in [1.82, 2.24) is 24.9 Å². The van der Waals surface area contributed by atoms with Gasteiger partial charge in [0.05, 0.1) is 37.1 Å². The van der Waals surface area contributed by atoms with Crippen molar-refractivity contribution in [2.45, 2.75) is 25.2 Å². The fraction of sp³-hybridized carbons (Fsp3) is 0.357. The summed E-state index contributed by atoms with van der Waals surface area (Å²) in [6.45, 7) is -0.0121. The number of amides is 2. The van der Waals surface area contributed by atoms with Gasteiger partial charge in [-0.1, -0.05) is 5.21 Å². The van der Waals surface area contributed by atoms with Crippen LogP contribution < -0.4 is 5.73 Å². The molecule has 2 N–H and O–H groups in total. The van der Waals surface area contributed by atoms with Crippen molar-refractivity contribution in [3.8, 4) is 0 Å². The van der Waals surface area contributed by atoms with Crippen molar-refractivity contribution >= 4 is 11.8 Å². The number of hydrogen-bond acceptors (Lipinski definition) is 5. The van der Waals surface area contributed by atoms with E-state index in [0.29, 0.717) is 0 Å². The van der Waals surface area contributed by atoms with Gasteiger partial charge in [-0.3, -0.25) is 14.6 Å². The molecule has 1 saturated heterocycles. The number of rotatable bonds is 4. The highest BCUT2D eigenvalue weighted by molar-refractivity contribution is 5.94. The number of nitrogens with two attached hydrogens (primary N) is 1. The summed E-state index contributed by atoms with van der Waals surface area (Å²) in [5.41, 5.74) is 4.91. The van der Waals surface area contributed by atoms with Gasteiger partial charge in [-0.2, -0.15) is 0 Å². The molecular weight excluding hydrogens is 322 g/mol. The predicted molar refractivity (Wildman–Crippen MR) is 77.1 cm³/mol. The molecule has 10 heteroatoms. The molecule has 1 fully saturated rings. The molecule has 0 unspecified atom stereocenters. The molecule has 3 heterocycles. The number of halogens is 2. The Morgan fingerprint density at radius 3 is 2.88 bits per heavy atom. The van der Waals surface area contributed by atoms with Gasteiger partial charge in [-0.15, -0.1) is 5.10 Å². The summed E-state index contributed by atoms with van der Waals surface area (Å²) in [6.07, 6.45) is 2.42. The van der Waals surface area contributed by atoms with Crippen molar-refractivity contribution in [1.29, 1.82) is 0 Å². The Morgan fingerprint density at radius 2 is 2.21 bits per heavy atom. The lowest BCUT2D eigenvalue weighted by Crippen LogP contribution is -2.38. The molecule has 3 rings (SSSR count). The Balaban J connectivity index is 1.80. The van der Waals surface area contributed by atoms with Crippen LogP contribution in [0.2, 0.25) is 0 Å². The first kappa shape index (κ1) is 16.0. The first-order valence-electron chi connectivity index (χ1n) is 7.20. The number of alkyl halides is 1.